The van der Waals surface area contributed by atoms with Gasteiger partial charge < -0.3 is 19.3 Å². The maximum atomic E-state index is 17.4. The van der Waals surface area contributed by atoms with Gasteiger partial charge in [0.1, 0.15) is 0 Å². The highest BCUT2D eigenvalue weighted by Crippen LogP contribution is 2.71. The van der Waals surface area contributed by atoms with Gasteiger partial charge in [0.05, 0.1) is 61.4 Å². The number of benzene rings is 8. The molecular weight excluding hydrogens is 690 g/mol. The van der Waals surface area contributed by atoms with Crippen molar-refractivity contribution < 1.29 is 4.57 Å². The Balaban J connectivity index is 1.25. The van der Waals surface area contributed by atoms with Gasteiger partial charge in [-0.3, -0.25) is 0 Å². The molecule has 0 N–H and O–H groups in total. The first-order chi connectivity index (χ1) is 26.7. The molecule has 0 fully saturated rings. The second-order valence-electron chi connectivity index (χ2n) is 16.9. The first-order valence-electron chi connectivity index (χ1n) is 19.3. The van der Waals surface area contributed by atoms with Gasteiger partial charge in [0, 0.05) is 16.5 Å². The summed E-state index contributed by atoms with van der Waals surface area (Å²) in [7, 11) is -3.49. The summed E-state index contributed by atoms with van der Waals surface area (Å²) in [6.45, 7) is 9.43. The molecule has 0 aromatic heterocycles. The van der Waals surface area contributed by atoms with Crippen molar-refractivity contribution in [1.82, 2.24) is 0 Å². The van der Waals surface area contributed by atoms with Gasteiger partial charge in [-0.2, -0.15) is 0 Å². The third-order valence-electron chi connectivity index (χ3n) is 13.5. The SMILES string of the molecule is CC1(C)c2ccc3c4c2N(c2cccc5c2P4(=O)c2c(ccc4c2N5c2ccc5ccccc5c2C4(C)C)N3c2ccccc2)c2ccc3ccccc3c21. The van der Waals surface area contributed by atoms with Crippen molar-refractivity contribution >= 4 is 95.8 Å². The number of anilines is 9. The number of hydrogen-bond donors (Lipinski definition) is 0. The molecule has 0 amide bonds. The van der Waals surface area contributed by atoms with Crippen LogP contribution in [-0.4, -0.2) is 0 Å². The minimum Gasteiger partial charge on any atom is -0.309 e. The van der Waals surface area contributed by atoms with E-state index in [1.54, 1.807) is 0 Å². The van der Waals surface area contributed by atoms with Crippen molar-refractivity contribution in [2.24, 2.45) is 0 Å². The zero-order chi connectivity index (χ0) is 36.7. The highest BCUT2D eigenvalue weighted by Gasteiger charge is 2.59. The molecule has 8 aromatic rings. The number of hydrogen-bond acceptors (Lipinski definition) is 4. The van der Waals surface area contributed by atoms with Crippen molar-refractivity contribution in [2.75, 3.05) is 14.7 Å². The van der Waals surface area contributed by atoms with Crippen molar-refractivity contribution in [3.63, 3.8) is 0 Å². The monoisotopic (exact) mass is 725 g/mol. The lowest BCUT2D eigenvalue weighted by molar-refractivity contribution is 0.591. The van der Waals surface area contributed by atoms with E-state index in [1.807, 2.05) is 0 Å². The molecule has 0 aliphatic carbocycles. The molecule has 55 heavy (non-hydrogen) atoms. The first kappa shape index (κ1) is 30.3. The van der Waals surface area contributed by atoms with E-state index in [1.165, 1.54) is 43.8 Å². The molecule has 262 valence electrons. The van der Waals surface area contributed by atoms with Crippen LogP contribution in [-0.2, 0) is 15.4 Å². The summed E-state index contributed by atoms with van der Waals surface area (Å²) in [4.78, 5) is 7.35. The molecule has 5 heteroatoms. The Kier molecular flexibility index (Phi) is 5.27. The highest BCUT2D eigenvalue weighted by molar-refractivity contribution is 7.87. The van der Waals surface area contributed by atoms with E-state index in [2.05, 4.69) is 188 Å². The van der Waals surface area contributed by atoms with E-state index in [-0.39, 0.29) is 10.8 Å². The van der Waals surface area contributed by atoms with Gasteiger partial charge in [-0.15, -0.1) is 0 Å². The maximum Gasteiger partial charge on any atom is 0.183 e. The lowest BCUT2D eigenvalue weighted by atomic mass is 9.71. The molecule has 0 saturated carbocycles. The topological polar surface area (TPSA) is 26.8 Å². The minimum absolute atomic E-state index is 0.358. The van der Waals surface area contributed by atoms with Gasteiger partial charge in [-0.05, 0) is 92.3 Å². The molecule has 5 heterocycles. The van der Waals surface area contributed by atoms with E-state index in [0.29, 0.717) is 0 Å². The average molecular weight is 726 g/mol. The van der Waals surface area contributed by atoms with Crippen molar-refractivity contribution in [3.8, 4) is 0 Å². The number of nitrogens with zero attached hydrogens (tertiary/aromatic N) is 3. The van der Waals surface area contributed by atoms with Crippen LogP contribution in [0.2, 0.25) is 0 Å². The number of para-hydroxylation sites is 1. The van der Waals surface area contributed by atoms with Crippen molar-refractivity contribution in [3.05, 3.63) is 168 Å². The van der Waals surface area contributed by atoms with Crippen LogP contribution in [0.1, 0.15) is 49.9 Å². The summed E-state index contributed by atoms with van der Waals surface area (Å²) in [5.74, 6) is 0. The van der Waals surface area contributed by atoms with Gasteiger partial charge in [0.25, 0.3) is 0 Å². The summed E-state index contributed by atoms with van der Waals surface area (Å²) in [6, 6.07) is 53.2. The maximum absolute atomic E-state index is 17.4. The standard InChI is InChI=1S/C50H36N3OP/c1-49(2)34-23-27-40-47-44(34)52(36-25-21-29-13-8-10-17-32(29)42(36)49)38-19-12-20-39-46(38)55(47,54)48-41(51(40)31-15-6-5-7-16-31)28-24-35-45(48)53(39)37-26-22-30-14-9-11-18-33(30)43(37)50(35,3)4/h5-28H,1-4H3. The normalized spacial score (nSPS) is 17.5. The molecule has 0 spiro atoms. The fourth-order valence-corrected chi connectivity index (χ4v) is 15.0. The van der Waals surface area contributed by atoms with Gasteiger partial charge in [-0.25, -0.2) is 0 Å². The highest BCUT2D eigenvalue weighted by atomic mass is 31.2. The molecule has 0 radical (unpaired) electrons. The lowest BCUT2D eigenvalue weighted by Crippen LogP contribution is -2.51. The molecule has 0 atom stereocenters. The van der Waals surface area contributed by atoms with Gasteiger partial charge in [0.2, 0.25) is 0 Å². The predicted molar refractivity (Wildman–Crippen MR) is 230 cm³/mol. The minimum atomic E-state index is -3.49. The second kappa shape index (κ2) is 9.58. The van der Waals surface area contributed by atoms with Crippen LogP contribution in [0, 0.1) is 0 Å². The zero-order valence-electron chi connectivity index (χ0n) is 31.1. The van der Waals surface area contributed by atoms with E-state index in [9.17, 15) is 0 Å². The summed E-state index contributed by atoms with van der Waals surface area (Å²) in [6.07, 6.45) is 0. The number of fused-ring (bicyclic) bond motifs is 10. The van der Waals surface area contributed by atoms with Crippen molar-refractivity contribution in [1.29, 1.82) is 0 Å². The molecule has 5 aliphatic rings. The Morgan fingerprint density at radius 3 is 1.35 bits per heavy atom. The van der Waals surface area contributed by atoms with Gasteiger partial charge in [-0.1, -0.05) is 125 Å². The first-order valence-corrected chi connectivity index (χ1v) is 21.0. The van der Waals surface area contributed by atoms with Crippen LogP contribution in [0.5, 0.6) is 0 Å². The molecule has 13 rings (SSSR count). The Hall–Kier alpha value is -6.09. The molecule has 5 aliphatic heterocycles. The Morgan fingerprint density at radius 1 is 0.400 bits per heavy atom. The predicted octanol–water partition coefficient (Wildman–Crippen LogP) is 12.3. The molecule has 8 aromatic carbocycles. The smallest absolute Gasteiger partial charge is 0.183 e. The molecule has 4 nitrogen and oxygen atoms in total. The molecule has 0 bridgehead atoms. The summed E-state index contributed by atoms with van der Waals surface area (Å²) >= 11 is 0. The van der Waals surface area contributed by atoms with Crippen LogP contribution in [0.15, 0.2) is 146 Å². The van der Waals surface area contributed by atoms with E-state index < -0.39 is 7.14 Å². The quantitative estimate of drug-likeness (QED) is 0.157. The second-order valence-corrected chi connectivity index (χ2v) is 19.4. The largest absolute Gasteiger partial charge is 0.309 e. The third-order valence-corrected chi connectivity index (χ3v) is 16.7. The summed E-state index contributed by atoms with van der Waals surface area (Å²) in [5.41, 5.74) is 13.9. The van der Waals surface area contributed by atoms with Crippen LogP contribution in [0.4, 0.5) is 51.2 Å². The van der Waals surface area contributed by atoms with E-state index in [0.717, 1.165) is 67.1 Å². The Labute approximate surface area is 320 Å². The summed E-state index contributed by atoms with van der Waals surface area (Å²) in [5, 5.41) is 7.84. The van der Waals surface area contributed by atoms with Crippen LogP contribution >= 0.6 is 7.14 Å². The fourth-order valence-electron chi connectivity index (χ4n) is 11.3. The summed E-state index contributed by atoms with van der Waals surface area (Å²) < 4.78 is 17.4. The number of rotatable bonds is 1. The van der Waals surface area contributed by atoms with E-state index in [4.69, 9.17) is 0 Å². The fraction of sp³-hybridized carbons (Fsp3) is 0.120. The van der Waals surface area contributed by atoms with Crippen LogP contribution in [0.25, 0.3) is 21.5 Å². The van der Waals surface area contributed by atoms with Gasteiger partial charge >= 0.3 is 0 Å². The van der Waals surface area contributed by atoms with Crippen LogP contribution in [0.3, 0.4) is 0 Å². The average Bonchev–Trinajstić information content (AvgIpc) is 3.20. The van der Waals surface area contributed by atoms with E-state index >= 15 is 4.57 Å². The zero-order valence-corrected chi connectivity index (χ0v) is 31.9. The third kappa shape index (κ3) is 3.26. The Morgan fingerprint density at radius 2 is 0.836 bits per heavy atom. The van der Waals surface area contributed by atoms with Crippen molar-refractivity contribution in [2.45, 2.75) is 38.5 Å². The van der Waals surface area contributed by atoms with Gasteiger partial charge in [0.15, 0.2) is 7.14 Å². The molecule has 0 unspecified atom stereocenters. The Bertz CT molecular complexity index is 2980. The molecule has 0 saturated heterocycles. The van der Waals surface area contributed by atoms with Crippen LogP contribution < -0.4 is 30.6 Å². The lowest BCUT2D eigenvalue weighted by Gasteiger charge is -2.55. The molecular formula is C50H36N3OP.